The predicted octanol–water partition coefficient (Wildman–Crippen LogP) is 0.400. The molecule has 11 nitrogen and oxygen atoms in total. The number of ether oxygens (including phenoxy) is 1. The molecule has 0 aliphatic carbocycles. The van der Waals surface area contributed by atoms with E-state index in [-0.39, 0.29) is 22.4 Å². The first kappa shape index (κ1) is 23.9. The smallest absolute Gasteiger partial charge is 0.324 e. The molecule has 1 aliphatic heterocycles. The van der Waals surface area contributed by atoms with Gasteiger partial charge in [-0.1, -0.05) is 18.2 Å². The molecule has 1 amide bonds. The first-order valence-electron chi connectivity index (χ1n) is 9.77. The van der Waals surface area contributed by atoms with Crippen molar-refractivity contribution >= 4 is 37.6 Å². The summed E-state index contributed by atoms with van der Waals surface area (Å²) < 4.78 is 56.6. The summed E-state index contributed by atoms with van der Waals surface area (Å²) in [5.41, 5.74) is 0.588. The van der Waals surface area contributed by atoms with Gasteiger partial charge < -0.3 is 10.1 Å². The summed E-state index contributed by atoms with van der Waals surface area (Å²) in [4.78, 5) is 24.4. The minimum absolute atomic E-state index is 0.00467. The second kappa shape index (κ2) is 9.38. The van der Waals surface area contributed by atoms with Crippen molar-refractivity contribution in [2.24, 2.45) is 0 Å². The Bertz CT molecular complexity index is 1210. The van der Waals surface area contributed by atoms with Gasteiger partial charge >= 0.3 is 5.97 Å². The van der Waals surface area contributed by atoms with Crippen LogP contribution in [-0.4, -0.2) is 62.6 Å². The molecule has 2 atom stereocenters. The first-order chi connectivity index (χ1) is 15.0. The van der Waals surface area contributed by atoms with Crippen molar-refractivity contribution in [3.63, 3.8) is 0 Å². The normalized spacial score (nSPS) is 18.8. The summed E-state index contributed by atoms with van der Waals surface area (Å²) in [6.07, 6.45) is 0.389. The molecule has 1 unspecified atom stereocenters. The maximum Gasteiger partial charge on any atom is 0.324 e. The highest BCUT2D eigenvalue weighted by atomic mass is 32.2. The number of sulfonamides is 1. The Balaban J connectivity index is 1.56. The molecular weight excluding hydrogens is 460 g/mol. The van der Waals surface area contributed by atoms with E-state index in [1.165, 1.54) is 23.7 Å². The molecule has 2 heterocycles. The van der Waals surface area contributed by atoms with Gasteiger partial charge in [-0.2, -0.15) is 9.82 Å². The lowest BCUT2D eigenvalue weighted by molar-refractivity contribution is -0.148. The zero-order valence-corrected chi connectivity index (χ0v) is 19.1. The average molecular weight is 485 g/mol. The predicted molar refractivity (Wildman–Crippen MR) is 115 cm³/mol. The molecule has 3 rings (SSSR count). The van der Waals surface area contributed by atoms with Crippen LogP contribution in [0.25, 0.3) is 0 Å². The molecule has 1 fully saturated rings. The maximum absolute atomic E-state index is 12.3. The SMILES string of the molecule is Cc1cc(NC(=O)COC(=O)[C@H](C)NS(=O)(=O)c2ccccc2)n(C2CCS(=O)(=O)C2)n1. The van der Waals surface area contributed by atoms with E-state index in [0.717, 1.165) is 0 Å². The number of hydrogen-bond acceptors (Lipinski definition) is 8. The molecule has 0 saturated carbocycles. The third kappa shape index (κ3) is 5.93. The average Bonchev–Trinajstić information content (AvgIpc) is 3.27. The van der Waals surface area contributed by atoms with Crippen LogP contribution in [0.4, 0.5) is 5.82 Å². The van der Waals surface area contributed by atoms with Crippen LogP contribution in [-0.2, 0) is 34.2 Å². The number of hydrogen-bond donors (Lipinski definition) is 2. The second-order valence-electron chi connectivity index (χ2n) is 7.48. The van der Waals surface area contributed by atoms with Gasteiger partial charge in [0.2, 0.25) is 10.0 Å². The summed E-state index contributed by atoms with van der Waals surface area (Å²) >= 11 is 0. The number of sulfone groups is 1. The van der Waals surface area contributed by atoms with E-state index in [9.17, 15) is 26.4 Å². The molecule has 32 heavy (non-hydrogen) atoms. The molecule has 1 aliphatic rings. The zero-order valence-electron chi connectivity index (χ0n) is 17.5. The Morgan fingerprint density at radius 2 is 1.97 bits per heavy atom. The van der Waals surface area contributed by atoms with E-state index in [4.69, 9.17) is 4.74 Å². The van der Waals surface area contributed by atoms with Crippen LogP contribution in [0.5, 0.6) is 0 Å². The molecule has 0 bridgehead atoms. The standard InChI is InChI=1S/C19H24N4O7S2/c1-13-10-17(23(21-13)15-8-9-31(26,27)12-15)20-18(24)11-30-19(25)14(2)22-32(28,29)16-6-4-3-5-7-16/h3-7,10,14-15,22H,8-9,11-12H2,1-2H3,(H,20,24)/t14-,15?/m0/s1. The van der Waals surface area contributed by atoms with Crippen molar-refractivity contribution < 1.29 is 31.2 Å². The van der Waals surface area contributed by atoms with Crippen molar-refractivity contribution in [3.05, 3.63) is 42.1 Å². The van der Waals surface area contributed by atoms with E-state index in [1.54, 1.807) is 31.2 Å². The van der Waals surface area contributed by atoms with Crippen molar-refractivity contribution in [1.29, 1.82) is 0 Å². The van der Waals surface area contributed by atoms with Gasteiger partial charge in [0.05, 0.1) is 28.1 Å². The highest BCUT2D eigenvalue weighted by Crippen LogP contribution is 2.27. The lowest BCUT2D eigenvalue weighted by Crippen LogP contribution is -2.40. The van der Waals surface area contributed by atoms with Gasteiger partial charge in [0.1, 0.15) is 11.9 Å². The van der Waals surface area contributed by atoms with Gasteiger partial charge in [0.15, 0.2) is 16.4 Å². The number of rotatable bonds is 8. The van der Waals surface area contributed by atoms with Crippen molar-refractivity contribution in [3.8, 4) is 0 Å². The molecule has 0 radical (unpaired) electrons. The third-order valence-electron chi connectivity index (χ3n) is 4.76. The number of esters is 1. The first-order valence-corrected chi connectivity index (χ1v) is 13.1. The highest BCUT2D eigenvalue weighted by Gasteiger charge is 2.31. The number of nitrogens with one attached hydrogen (secondary N) is 2. The number of aryl methyl sites for hydroxylation is 1. The van der Waals surface area contributed by atoms with Crippen LogP contribution in [0.1, 0.15) is 25.1 Å². The monoisotopic (exact) mass is 484 g/mol. The molecule has 2 N–H and O–H groups in total. The molecule has 1 aromatic heterocycles. The van der Waals surface area contributed by atoms with E-state index in [2.05, 4.69) is 15.1 Å². The number of carbonyl (C=O) groups excluding carboxylic acids is 2. The summed E-state index contributed by atoms with van der Waals surface area (Å²) in [7, 11) is -7.07. The summed E-state index contributed by atoms with van der Waals surface area (Å²) in [5.74, 6) is -1.31. The third-order valence-corrected chi connectivity index (χ3v) is 8.07. The molecule has 174 valence electrons. The van der Waals surface area contributed by atoms with Crippen LogP contribution in [0.2, 0.25) is 0 Å². The number of benzene rings is 1. The van der Waals surface area contributed by atoms with E-state index < -0.39 is 44.4 Å². The zero-order chi connectivity index (χ0) is 23.5. The highest BCUT2D eigenvalue weighted by molar-refractivity contribution is 7.91. The molecule has 2 aromatic rings. The fraction of sp³-hybridized carbons (Fsp3) is 0.421. The Morgan fingerprint density at radius 1 is 1.28 bits per heavy atom. The summed E-state index contributed by atoms with van der Waals surface area (Å²) in [6, 6.07) is 7.51. The van der Waals surface area contributed by atoms with E-state index in [1.807, 2.05) is 0 Å². The van der Waals surface area contributed by atoms with Gasteiger partial charge in [0.25, 0.3) is 5.91 Å². The number of aromatic nitrogens is 2. The van der Waals surface area contributed by atoms with Crippen LogP contribution in [0.3, 0.4) is 0 Å². The summed E-state index contributed by atoms with van der Waals surface area (Å²) in [5, 5.41) is 6.81. The maximum atomic E-state index is 12.3. The second-order valence-corrected chi connectivity index (χ2v) is 11.4. The van der Waals surface area contributed by atoms with Crippen molar-refractivity contribution in [2.75, 3.05) is 23.4 Å². The molecule has 1 aromatic carbocycles. The van der Waals surface area contributed by atoms with E-state index >= 15 is 0 Å². The quantitative estimate of drug-likeness (QED) is 0.511. The van der Waals surface area contributed by atoms with Crippen LogP contribution < -0.4 is 10.0 Å². The van der Waals surface area contributed by atoms with E-state index in [0.29, 0.717) is 17.9 Å². The Hall–Kier alpha value is -2.77. The number of nitrogens with zero attached hydrogens (tertiary/aromatic N) is 2. The lowest BCUT2D eigenvalue weighted by Gasteiger charge is -2.15. The fourth-order valence-corrected chi connectivity index (χ4v) is 6.15. The van der Waals surface area contributed by atoms with Crippen molar-refractivity contribution in [2.45, 2.75) is 37.2 Å². The summed E-state index contributed by atoms with van der Waals surface area (Å²) in [6.45, 7) is 2.36. The minimum atomic E-state index is -3.93. The molecule has 13 heteroatoms. The Kier molecular flexibility index (Phi) is 7.00. The Morgan fingerprint density at radius 3 is 2.59 bits per heavy atom. The number of carbonyl (C=O) groups is 2. The van der Waals surface area contributed by atoms with Crippen LogP contribution in [0.15, 0.2) is 41.3 Å². The van der Waals surface area contributed by atoms with Crippen LogP contribution >= 0.6 is 0 Å². The van der Waals surface area contributed by atoms with Gasteiger partial charge in [-0.3, -0.25) is 9.59 Å². The lowest BCUT2D eigenvalue weighted by atomic mass is 10.3. The molecular formula is C19H24N4O7S2. The largest absolute Gasteiger partial charge is 0.454 e. The van der Waals surface area contributed by atoms with Crippen molar-refractivity contribution in [1.82, 2.24) is 14.5 Å². The van der Waals surface area contributed by atoms with Gasteiger partial charge in [-0.25, -0.2) is 21.5 Å². The van der Waals surface area contributed by atoms with Gasteiger partial charge in [-0.05, 0) is 32.4 Å². The Labute approximate surface area is 186 Å². The fourth-order valence-electron chi connectivity index (χ4n) is 3.25. The minimum Gasteiger partial charge on any atom is -0.454 e. The molecule has 0 spiro atoms. The topological polar surface area (TPSA) is 154 Å². The van der Waals surface area contributed by atoms with Crippen LogP contribution in [0, 0.1) is 6.92 Å². The van der Waals surface area contributed by atoms with Gasteiger partial charge in [-0.15, -0.1) is 0 Å². The van der Waals surface area contributed by atoms with Gasteiger partial charge in [0, 0.05) is 6.07 Å². The number of amides is 1. The number of anilines is 1. The molecule has 1 saturated heterocycles.